The Morgan fingerprint density at radius 1 is 1.32 bits per heavy atom. The van der Waals surface area contributed by atoms with Gasteiger partial charge in [0.25, 0.3) is 0 Å². The Morgan fingerprint density at radius 3 is 2.77 bits per heavy atom. The van der Waals surface area contributed by atoms with E-state index in [4.69, 9.17) is 16.3 Å². The van der Waals surface area contributed by atoms with Crippen LogP contribution in [0.1, 0.15) is 5.56 Å². The molecule has 0 spiro atoms. The summed E-state index contributed by atoms with van der Waals surface area (Å²) in [6.07, 6.45) is 4.97. The molecule has 22 heavy (non-hydrogen) atoms. The van der Waals surface area contributed by atoms with E-state index in [1.54, 1.807) is 24.7 Å². The summed E-state index contributed by atoms with van der Waals surface area (Å²) in [5.74, 6) is 0.582. The molecule has 3 rings (SSSR count). The zero-order chi connectivity index (χ0) is 15.5. The molecule has 0 unspecified atom stereocenters. The lowest BCUT2D eigenvalue weighted by atomic mass is 10.1. The molecule has 6 nitrogen and oxygen atoms in total. The SMILES string of the molecule is COC1=C(O)C(NCc2cc3nccnc3cc2Cl)=CNC1. The van der Waals surface area contributed by atoms with Crippen LogP contribution in [0.2, 0.25) is 5.02 Å². The molecule has 2 aromatic rings. The average molecular weight is 319 g/mol. The molecule has 114 valence electrons. The molecule has 0 amide bonds. The van der Waals surface area contributed by atoms with E-state index in [2.05, 4.69) is 20.6 Å². The first-order valence-electron chi connectivity index (χ1n) is 6.72. The van der Waals surface area contributed by atoms with Gasteiger partial charge in [-0.25, -0.2) is 0 Å². The number of nitrogens with one attached hydrogen (secondary N) is 2. The van der Waals surface area contributed by atoms with Crippen LogP contribution in [0, 0.1) is 0 Å². The van der Waals surface area contributed by atoms with Gasteiger partial charge >= 0.3 is 0 Å². The first-order chi connectivity index (χ1) is 10.7. The maximum absolute atomic E-state index is 10.1. The number of aromatic nitrogens is 2. The van der Waals surface area contributed by atoms with Gasteiger partial charge in [0.05, 0.1) is 30.4 Å². The summed E-state index contributed by atoms with van der Waals surface area (Å²) in [6, 6.07) is 3.66. The number of nitrogens with zero attached hydrogens (tertiary/aromatic N) is 2. The number of fused-ring (bicyclic) bond motifs is 1. The molecule has 0 fully saturated rings. The van der Waals surface area contributed by atoms with Gasteiger partial charge in [0, 0.05) is 30.2 Å². The molecule has 1 aromatic carbocycles. The molecule has 0 atom stereocenters. The number of dihydropyridines is 1. The van der Waals surface area contributed by atoms with Crippen molar-refractivity contribution in [2.75, 3.05) is 13.7 Å². The molecule has 7 heteroatoms. The van der Waals surface area contributed by atoms with Crippen molar-refractivity contribution < 1.29 is 9.84 Å². The van der Waals surface area contributed by atoms with Gasteiger partial charge in [0.2, 0.25) is 0 Å². The van der Waals surface area contributed by atoms with E-state index in [1.165, 1.54) is 7.11 Å². The van der Waals surface area contributed by atoms with Gasteiger partial charge in [-0.1, -0.05) is 11.6 Å². The summed E-state index contributed by atoms with van der Waals surface area (Å²) in [6.45, 7) is 0.903. The highest BCUT2D eigenvalue weighted by molar-refractivity contribution is 6.32. The maximum atomic E-state index is 10.1. The van der Waals surface area contributed by atoms with E-state index >= 15 is 0 Å². The van der Waals surface area contributed by atoms with E-state index in [-0.39, 0.29) is 5.76 Å². The summed E-state index contributed by atoms with van der Waals surface area (Å²) >= 11 is 6.27. The topological polar surface area (TPSA) is 79.3 Å². The third-order valence-corrected chi connectivity index (χ3v) is 3.73. The van der Waals surface area contributed by atoms with Crippen molar-refractivity contribution in [1.29, 1.82) is 0 Å². The van der Waals surface area contributed by atoms with Gasteiger partial charge in [0.1, 0.15) is 0 Å². The highest BCUT2D eigenvalue weighted by Crippen LogP contribution is 2.22. The molecule has 0 aliphatic carbocycles. The Balaban J connectivity index is 1.81. The number of methoxy groups -OCH3 is 1. The van der Waals surface area contributed by atoms with Gasteiger partial charge in [-0.2, -0.15) is 0 Å². The van der Waals surface area contributed by atoms with E-state index in [0.29, 0.717) is 29.6 Å². The van der Waals surface area contributed by atoms with Crippen molar-refractivity contribution in [2.45, 2.75) is 6.54 Å². The fraction of sp³-hybridized carbons (Fsp3) is 0.200. The van der Waals surface area contributed by atoms with E-state index in [1.807, 2.05) is 6.07 Å². The molecule has 1 aliphatic rings. The number of ether oxygens (including phenoxy) is 1. The van der Waals surface area contributed by atoms with Gasteiger partial charge < -0.3 is 20.5 Å². The first-order valence-corrected chi connectivity index (χ1v) is 7.10. The van der Waals surface area contributed by atoms with E-state index < -0.39 is 0 Å². The van der Waals surface area contributed by atoms with Gasteiger partial charge in [-0.3, -0.25) is 9.97 Å². The zero-order valence-electron chi connectivity index (χ0n) is 11.9. The van der Waals surface area contributed by atoms with Crippen LogP contribution in [-0.4, -0.2) is 28.7 Å². The number of hydrogen-bond donors (Lipinski definition) is 3. The lowest BCUT2D eigenvalue weighted by Crippen LogP contribution is -2.26. The van der Waals surface area contributed by atoms with Crippen molar-refractivity contribution in [3.05, 3.63) is 58.5 Å². The minimum atomic E-state index is 0.0953. The number of aliphatic hydroxyl groups is 1. The summed E-state index contributed by atoms with van der Waals surface area (Å²) in [5.41, 5.74) is 2.95. The summed E-state index contributed by atoms with van der Waals surface area (Å²) in [5, 5.41) is 16.8. The lowest BCUT2D eigenvalue weighted by molar-refractivity contribution is 0.244. The van der Waals surface area contributed by atoms with Crippen LogP contribution < -0.4 is 10.6 Å². The lowest BCUT2D eigenvalue weighted by Gasteiger charge is -2.19. The molecule has 0 radical (unpaired) electrons. The van der Waals surface area contributed by atoms with Crippen LogP contribution in [0.3, 0.4) is 0 Å². The highest BCUT2D eigenvalue weighted by atomic mass is 35.5. The van der Waals surface area contributed by atoms with Crippen molar-refractivity contribution in [1.82, 2.24) is 20.6 Å². The number of aliphatic hydroxyl groups excluding tert-OH is 1. The second kappa shape index (κ2) is 6.11. The van der Waals surface area contributed by atoms with Crippen LogP contribution in [0.25, 0.3) is 11.0 Å². The van der Waals surface area contributed by atoms with Crippen LogP contribution in [-0.2, 0) is 11.3 Å². The van der Waals surface area contributed by atoms with Crippen LogP contribution in [0.4, 0.5) is 0 Å². The minimum Gasteiger partial charge on any atom is -0.503 e. The number of rotatable bonds is 4. The smallest absolute Gasteiger partial charge is 0.180 e. The molecule has 1 aliphatic heterocycles. The molecular formula is C15H15ClN4O2. The number of benzene rings is 1. The van der Waals surface area contributed by atoms with Crippen molar-refractivity contribution in [3.8, 4) is 0 Å². The average Bonchev–Trinajstić information content (AvgIpc) is 2.54. The third kappa shape index (κ3) is 2.78. The predicted octanol–water partition coefficient (Wildman–Crippen LogP) is 2.23. The molecule has 2 heterocycles. The van der Waals surface area contributed by atoms with Gasteiger partial charge in [0.15, 0.2) is 11.5 Å². The highest BCUT2D eigenvalue weighted by Gasteiger charge is 2.16. The standard InChI is InChI=1S/C15H15ClN4O2/c1-22-14-8-17-7-13(15(14)21)20-6-9-4-11-12(5-10(9)16)19-3-2-18-11/h2-5,7,17,20-21H,6,8H2,1H3. The molecule has 0 saturated carbocycles. The molecule has 0 bridgehead atoms. The Hall–Kier alpha value is -2.47. The Bertz CT molecular complexity index is 773. The fourth-order valence-corrected chi connectivity index (χ4v) is 2.43. The normalized spacial score (nSPS) is 14.5. The summed E-state index contributed by atoms with van der Waals surface area (Å²) in [4.78, 5) is 8.48. The van der Waals surface area contributed by atoms with Crippen LogP contribution >= 0.6 is 11.6 Å². The van der Waals surface area contributed by atoms with Crippen LogP contribution in [0.15, 0.2) is 47.9 Å². The van der Waals surface area contributed by atoms with Crippen molar-refractivity contribution in [3.63, 3.8) is 0 Å². The molecular weight excluding hydrogens is 304 g/mol. The molecule has 3 N–H and O–H groups in total. The largest absolute Gasteiger partial charge is 0.503 e. The summed E-state index contributed by atoms with van der Waals surface area (Å²) in [7, 11) is 1.52. The Labute approximate surface area is 132 Å². The second-order valence-corrected chi connectivity index (χ2v) is 5.16. The Kier molecular flexibility index (Phi) is 4.02. The predicted molar refractivity (Wildman–Crippen MR) is 84.1 cm³/mol. The maximum Gasteiger partial charge on any atom is 0.180 e. The number of halogens is 1. The minimum absolute atomic E-state index is 0.0953. The van der Waals surface area contributed by atoms with Crippen molar-refractivity contribution in [2.24, 2.45) is 0 Å². The fourth-order valence-electron chi connectivity index (χ4n) is 2.21. The molecule has 1 aromatic heterocycles. The number of hydrogen-bond acceptors (Lipinski definition) is 6. The quantitative estimate of drug-likeness (QED) is 0.802. The zero-order valence-corrected chi connectivity index (χ0v) is 12.7. The van der Waals surface area contributed by atoms with E-state index in [9.17, 15) is 5.11 Å². The monoisotopic (exact) mass is 318 g/mol. The second-order valence-electron chi connectivity index (χ2n) is 4.76. The molecule has 0 saturated heterocycles. The Morgan fingerprint density at radius 2 is 2.05 bits per heavy atom. The van der Waals surface area contributed by atoms with Gasteiger partial charge in [-0.05, 0) is 17.7 Å². The van der Waals surface area contributed by atoms with Crippen molar-refractivity contribution >= 4 is 22.6 Å². The first kappa shape index (κ1) is 14.5. The van der Waals surface area contributed by atoms with E-state index in [0.717, 1.165) is 16.6 Å². The van der Waals surface area contributed by atoms with Crippen LogP contribution in [0.5, 0.6) is 0 Å². The third-order valence-electron chi connectivity index (χ3n) is 3.38. The summed E-state index contributed by atoms with van der Waals surface area (Å²) < 4.78 is 5.11. The van der Waals surface area contributed by atoms with Gasteiger partial charge in [-0.15, -0.1) is 0 Å².